The van der Waals surface area contributed by atoms with Crippen molar-refractivity contribution in [2.24, 2.45) is 0 Å². The SMILES string of the molecule is CC(C)(C)[Si](C)(C)c1c2cc3ccccc3cc2c([Si](C)(C)C(C)(C)C)c2cc3ccccc3cc12. The normalized spacial score (nSPS) is 13.8. The van der Waals surface area contributed by atoms with Gasteiger partial charge in [0.25, 0.3) is 0 Å². The lowest BCUT2D eigenvalue weighted by atomic mass is 9.97. The third-order valence-electron chi connectivity index (χ3n) is 9.85. The van der Waals surface area contributed by atoms with Gasteiger partial charge in [0.1, 0.15) is 0 Å². The van der Waals surface area contributed by atoms with Crippen LogP contribution in [0.1, 0.15) is 41.5 Å². The lowest BCUT2D eigenvalue weighted by molar-refractivity contribution is 0.729. The summed E-state index contributed by atoms with van der Waals surface area (Å²) < 4.78 is 0. The summed E-state index contributed by atoms with van der Waals surface area (Å²) in [6.07, 6.45) is 0. The highest BCUT2D eigenvalue weighted by atomic mass is 28.3. The number of fused-ring (bicyclic) bond motifs is 4. The first-order valence-electron chi connectivity index (χ1n) is 13.5. The van der Waals surface area contributed by atoms with Crippen LogP contribution in [0.2, 0.25) is 36.3 Å². The number of hydrogen-bond acceptors (Lipinski definition) is 0. The molecular formula is C34H42Si2. The van der Waals surface area contributed by atoms with Crippen molar-refractivity contribution in [1.29, 1.82) is 0 Å². The summed E-state index contributed by atoms with van der Waals surface area (Å²) in [7, 11) is -3.79. The van der Waals surface area contributed by atoms with Crippen molar-refractivity contribution in [3.8, 4) is 0 Å². The molecule has 0 bridgehead atoms. The largest absolute Gasteiger partial charge is 0.0875 e. The van der Waals surface area contributed by atoms with Gasteiger partial charge in [-0.3, -0.25) is 0 Å². The third-order valence-corrected chi connectivity index (χ3v) is 20.9. The first-order chi connectivity index (χ1) is 16.6. The molecule has 0 aliphatic rings. The van der Waals surface area contributed by atoms with Gasteiger partial charge in [-0.1, -0.05) is 116 Å². The van der Waals surface area contributed by atoms with Crippen LogP contribution in [0.5, 0.6) is 0 Å². The quantitative estimate of drug-likeness (QED) is 0.165. The fourth-order valence-corrected chi connectivity index (χ4v) is 10.7. The maximum absolute atomic E-state index is 2.59. The van der Waals surface area contributed by atoms with Crippen LogP contribution in [0.3, 0.4) is 0 Å². The molecule has 0 unspecified atom stereocenters. The van der Waals surface area contributed by atoms with E-state index in [0.717, 1.165) is 0 Å². The molecule has 0 spiro atoms. The molecule has 0 aliphatic carbocycles. The summed E-state index contributed by atoms with van der Waals surface area (Å²) in [5.74, 6) is 0. The minimum absolute atomic E-state index is 0.239. The summed E-state index contributed by atoms with van der Waals surface area (Å²) in [6.45, 7) is 25.1. The Balaban J connectivity index is 2.16. The Labute approximate surface area is 219 Å². The van der Waals surface area contributed by atoms with E-state index >= 15 is 0 Å². The van der Waals surface area contributed by atoms with Crippen LogP contribution in [0, 0.1) is 0 Å². The highest BCUT2D eigenvalue weighted by Crippen LogP contribution is 2.43. The standard InChI is InChI=1S/C34H42Si2/c1-33(2,3)35(7,8)31-27-19-23-15-11-13-17-25(23)21-29(27)32(36(9,10)34(4,5)6)30-22-26-18-14-12-16-24(26)20-28(30)31/h11-22H,1-10H3. The Morgan fingerprint density at radius 1 is 0.417 bits per heavy atom. The monoisotopic (exact) mass is 506 g/mol. The summed E-state index contributed by atoms with van der Waals surface area (Å²) in [5.41, 5.74) is 0. The second-order valence-electron chi connectivity index (χ2n) is 14.0. The lowest BCUT2D eigenvalue weighted by Crippen LogP contribution is -2.54. The lowest BCUT2D eigenvalue weighted by Gasteiger charge is -2.42. The van der Waals surface area contributed by atoms with E-state index in [1.165, 1.54) is 43.1 Å². The van der Waals surface area contributed by atoms with Crippen LogP contribution in [0.4, 0.5) is 0 Å². The molecule has 186 valence electrons. The van der Waals surface area contributed by atoms with Crippen LogP contribution in [0.25, 0.3) is 43.1 Å². The van der Waals surface area contributed by atoms with Gasteiger partial charge in [0.2, 0.25) is 0 Å². The Morgan fingerprint density at radius 3 is 0.833 bits per heavy atom. The van der Waals surface area contributed by atoms with Gasteiger partial charge >= 0.3 is 0 Å². The maximum atomic E-state index is 2.59. The molecule has 0 saturated heterocycles. The Morgan fingerprint density at radius 2 is 0.639 bits per heavy atom. The van der Waals surface area contributed by atoms with E-state index in [2.05, 4.69) is 141 Å². The third kappa shape index (κ3) is 3.68. The summed E-state index contributed by atoms with van der Waals surface area (Å²) in [6, 6.07) is 28.0. The van der Waals surface area contributed by atoms with Gasteiger partial charge in [-0.25, -0.2) is 0 Å². The first kappa shape index (κ1) is 25.2. The van der Waals surface area contributed by atoms with E-state index in [-0.39, 0.29) is 10.1 Å². The van der Waals surface area contributed by atoms with Crippen LogP contribution >= 0.6 is 0 Å². The zero-order chi connectivity index (χ0) is 26.3. The number of rotatable bonds is 2. The van der Waals surface area contributed by atoms with E-state index in [4.69, 9.17) is 0 Å². The van der Waals surface area contributed by atoms with Crippen LogP contribution in [0.15, 0.2) is 72.8 Å². The molecule has 5 aromatic rings. The van der Waals surface area contributed by atoms with Crippen molar-refractivity contribution in [1.82, 2.24) is 0 Å². The van der Waals surface area contributed by atoms with Gasteiger partial charge in [-0.05, 0) is 87.8 Å². The molecule has 0 fully saturated rings. The minimum Gasteiger partial charge on any atom is -0.0650 e. The van der Waals surface area contributed by atoms with Crippen molar-refractivity contribution >= 4 is 69.6 Å². The topological polar surface area (TPSA) is 0 Å². The second kappa shape index (κ2) is 8.03. The van der Waals surface area contributed by atoms with Crippen LogP contribution in [-0.4, -0.2) is 16.1 Å². The Hall–Kier alpha value is -2.43. The van der Waals surface area contributed by atoms with Crippen molar-refractivity contribution < 1.29 is 0 Å². The smallest absolute Gasteiger partial charge is 0.0650 e. The van der Waals surface area contributed by atoms with Gasteiger partial charge in [0.15, 0.2) is 0 Å². The highest BCUT2D eigenvalue weighted by Gasteiger charge is 2.43. The van der Waals surface area contributed by atoms with E-state index in [0.29, 0.717) is 0 Å². The summed E-state index contributed by atoms with van der Waals surface area (Å²) >= 11 is 0. The number of benzene rings is 5. The first-order valence-corrected chi connectivity index (χ1v) is 19.5. The molecule has 0 N–H and O–H groups in total. The van der Waals surface area contributed by atoms with Crippen molar-refractivity contribution in [2.75, 3.05) is 0 Å². The second-order valence-corrected chi connectivity index (χ2v) is 24.5. The molecule has 0 aliphatic heterocycles. The molecule has 5 aromatic carbocycles. The molecule has 0 atom stereocenters. The molecule has 0 nitrogen and oxygen atoms in total. The summed E-state index contributed by atoms with van der Waals surface area (Å²) in [4.78, 5) is 0. The van der Waals surface area contributed by atoms with E-state index in [9.17, 15) is 0 Å². The molecule has 36 heavy (non-hydrogen) atoms. The predicted octanol–water partition coefficient (Wildman–Crippen LogP) is 9.73. The van der Waals surface area contributed by atoms with Gasteiger partial charge in [0.05, 0.1) is 16.1 Å². The Kier molecular flexibility index (Phi) is 5.63. The average Bonchev–Trinajstić information content (AvgIpc) is 2.78. The van der Waals surface area contributed by atoms with Crippen molar-refractivity contribution in [3.05, 3.63) is 72.8 Å². The van der Waals surface area contributed by atoms with E-state index in [1.807, 2.05) is 0 Å². The van der Waals surface area contributed by atoms with Crippen LogP contribution < -0.4 is 10.4 Å². The molecule has 0 aromatic heterocycles. The predicted molar refractivity (Wildman–Crippen MR) is 170 cm³/mol. The molecular weight excluding hydrogens is 465 g/mol. The zero-order valence-corrected chi connectivity index (χ0v) is 25.9. The van der Waals surface area contributed by atoms with Gasteiger partial charge in [-0.15, -0.1) is 0 Å². The van der Waals surface area contributed by atoms with Crippen molar-refractivity contribution in [2.45, 2.75) is 77.8 Å². The van der Waals surface area contributed by atoms with Gasteiger partial charge in [0, 0.05) is 0 Å². The molecule has 0 radical (unpaired) electrons. The molecule has 5 rings (SSSR count). The fraction of sp³-hybridized carbons (Fsp3) is 0.353. The highest BCUT2D eigenvalue weighted by molar-refractivity contribution is 6.98. The van der Waals surface area contributed by atoms with E-state index < -0.39 is 16.1 Å². The van der Waals surface area contributed by atoms with Crippen molar-refractivity contribution in [3.63, 3.8) is 0 Å². The zero-order valence-electron chi connectivity index (χ0n) is 23.9. The summed E-state index contributed by atoms with van der Waals surface area (Å²) in [5, 5.41) is 15.2. The average molecular weight is 507 g/mol. The molecule has 0 amide bonds. The molecule has 0 saturated carbocycles. The van der Waals surface area contributed by atoms with Gasteiger partial charge in [-0.2, -0.15) is 0 Å². The molecule has 0 heterocycles. The van der Waals surface area contributed by atoms with Gasteiger partial charge < -0.3 is 0 Å². The molecule has 2 heteroatoms. The minimum atomic E-state index is -1.90. The Bertz CT molecular complexity index is 1420. The maximum Gasteiger partial charge on any atom is 0.0875 e. The number of hydrogen-bond donors (Lipinski definition) is 0. The van der Waals surface area contributed by atoms with Crippen LogP contribution in [-0.2, 0) is 0 Å². The van der Waals surface area contributed by atoms with E-state index in [1.54, 1.807) is 10.4 Å². The fourth-order valence-electron chi connectivity index (χ4n) is 5.69.